The fraction of sp³-hybridized carbons (Fsp3) is 0.741. The Kier molecular flexibility index (Phi) is 11.1. The Labute approximate surface area is 223 Å². The number of carboxylic acids is 1. The molecule has 1 aliphatic rings. The van der Waals surface area contributed by atoms with Crippen LogP contribution >= 0.6 is 0 Å². The molecule has 1 N–H and O–H groups in total. The number of allylic oxidation sites excluding steroid dienone is 1. The van der Waals surface area contributed by atoms with Crippen molar-refractivity contribution in [1.29, 1.82) is 0 Å². The van der Waals surface area contributed by atoms with E-state index in [9.17, 15) is 9.90 Å². The van der Waals surface area contributed by atoms with E-state index in [1.165, 1.54) is 0 Å². The third-order valence-corrected chi connectivity index (χ3v) is 13.9. The standard InChI is InChI=1S/C27H50O6Si3/c1-26(2,3)36(12,13)33-24-23(30-5)22(32-20-31-17-19-35(9,10)11)21(25(28)29)27(24,4)16-14-15-18-34(6,7)8/h14,16,23-24H,17,19-20H2,1-13H3,(H,28,29)/b16-14-/t23-,24+,27+/m0/s1. The minimum absolute atomic E-state index is 0.0293. The highest BCUT2D eigenvalue weighted by Crippen LogP contribution is 2.50. The summed E-state index contributed by atoms with van der Waals surface area (Å²) in [5.74, 6) is 2.36. The summed E-state index contributed by atoms with van der Waals surface area (Å²) in [6, 6.07) is 1.00. The molecule has 0 aliphatic heterocycles. The molecule has 1 rings (SSSR count). The monoisotopic (exact) mass is 554 g/mol. The van der Waals surface area contributed by atoms with E-state index in [1.54, 1.807) is 13.2 Å². The average molecular weight is 555 g/mol. The number of hydrogen-bond acceptors (Lipinski definition) is 5. The van der Waals surface area contributed by atoms with Crippen LogP contribution in [0.25, 0.3) is 0 Å². The van der Waals surface area contributed by atoms with Crippen molar-refractivity contribution < 1.29 is 28.5 Å². The van der Waals surface area contributed by atoms with Gasteiger partial charge in [-0.1, -0.05) is 72.0 Å². The maximum atomic E-state index is 12.7. The summed E-state index contributed by atoms with van der Waals surface area (Å²) < 4.78 is 24.5. The summed E-state index contributed by atoms with van der Waals surface area (Å²) in [6.07, 6.45) is 2.38. The fourth-order valence-electron chi connectivity index (χ4n) is 3.59. The Morgan fingerprint density at radius 1 is 1.11 bits per heavy atom. The number of hydrogen-bond donors (Lipinski definition) is 1. The molecule has 1 aliphatic carbocycles. The Bertz CT molecular complexity index is 894. The van der Waals surface area contributed by atoms with Crippen LogP contribution in [0, 0.1) is 16.9 Å². The maximum Gasteiger partial charge on any atom is 0.336 e. The molecule has 0 fully saturated rings. The van der Waals surface area contributed by atoms with Crippen LogP contribution in [-0.2, 0) is 23.4 Å². The number of methoxy groups -OCH3 is 1. The van der Waals surface area contributed by atoms with E-state index in [0.717, 1.165) is 6.04 Å². The summed E-state index contributed by atoms with van der Waals surface area (Å²) in [5.41, 5.74) is 2.46. The van der Waals surface area contributed by atoms with Crippen molar-refractivity contribution in [2.75, 3.05) is 20.5 Å². The van der Waals surface area contributed by atoms with Gasteiger partial charge in [0.1, 0.15) is 19.9 Å². The third kappa shape index (κ3) is 8.99. The predicted octanol–water partition coefficient (Wildman–Crippen LogP) is 6.52. The lowest BCUT2D eigenvalue weighted by atomic mass is 9.80. The quantitative estimate of drug-likeness (QED) is 0.136. The second-order valence-corrected chi connectivity index (χ2v) is 28.7. The van der Waals surface area contributed by atoms with Gasteiger partial charge in [0, 0.05) is 27.2 Å². The Balaban J connectivity index is 3.50. The van der Waals surface area contributed by atoms with Gasteiger partial charge in [-0.3, -0.25) is 0 Å². The first-order valence-electron chi connectivity index (χ1n) is 12.8. The van der Waals surface area contributed by atoms with E-state index in [2.05, 4.69) is 84.6 Å². The Morgan fingerprint density at radius 2 is 1.69 bits per heavy atom. The molecule has 0 unspecified atom stereocenters. The van der Waals surface area contributed by atoms with E-state index in [1.807, 2.05) is 13.0 Å². The van der Waals surface area contributed by atoms with E-state index >= 15 is 0 Å². The van der Waals surface area contributed by atoms with Crippen molar-refractivity contribution >= 4 is 30.4 Å². The molecule has 0 aromatic rings. The number of carboxylic acid groups (broad SMARTS) is 1. The Hall–Kier alpha value is -1.16. The fourth-order valence-corrected chi connectivity index (χ4v) is 6.22. The first-order valence-corrected chi connectivity index (χ1v) is 22.9. The molecule has 0 bridgehead atoms. The van der Waals surface area contributed by atoms with Gasteiger partial charge in [0.15, 0.2) is 15.1 Å². The molecule has 36 heavy (non-hydrogen) atoms. The van der Waals surface area contributed by atoms with Crippen LogP contribution in [0.15, 0.2) is 23.5 Å². The summed E-state index contributed by atoms with van der Waals surface area (Å²) in [4.78, 5) is 12.7. The SMILES string of the molecule is CO[C@H]1C(OCOCC[Si](C)(C)C)=C(C(=O)O)[C@@](C)(/C=C\C#C[Si](C)(C)C)[C@@H]1O[Si](C)(C)C(C)(C)C. The van der Waals surface area contributed by atoms with Crippen LogP contribution < -0.4 is 0 Å². The molecule has 0 saturated heterocycles. The lowest BCUT2D eigenvalue weighted by Crippen LogP contribution is -2.51. The molecule has 9 heteroatoms. The molecule has 0 amide bonds. The van der Waals surface area contributed by atoms with Gasteiger partial charge in [0.2, 0.25) is 0 Å². The van der Waals surface area contributed by atoms with Crippen LogP contribution in [0.5, 0.6) is 0 Å². The van der Waals surface area contributed by atoms with Crippen molar-refractivity contribution in [3.8, 4) is 11.5 Å². The van der Waals surface area contributed by atoms with Crippen LogP contribution in [0.2, 0.25) is 63.5 Å². The van der Waals surface area contributed by atoms with Gasteiger partial charge in [-0.25, -0.2) is 4.79 Å². The first kappa shape index (κ1) is 32.9. The molecule has 0 aromatic heterocycles. The summed E-state index contributed by atoms with van der Waals surface area (Å²) in [5, 5.41) is 10.3. The zero-order chi connectivity index (χ0) is 28.2. The Morgan fingerprint density at radius 3 is 2.14 bits per heavy atom. The molecule has 0 aromatic carbocycles. The van der Waals surface area contributed by atoms with Crippen molar-refractivity contribution in [2.45, 2.75) is 103 Å². The maximum absolute atomic E-state index is 12.7. The van der Waals surface area contributed by atoms with Gasteiger partial charge in [0.25, 0.3) is 0 Å². The molecule has 6 nitrogen and oxygen atoms in total. The summed E-state index contributed by atoms with van der Waals surface area (Å²) >= 11 is 0. The van der Waals surface area contributed by atoms with Gasteiger partial charge >= 0.3 is 5.97 Å². The van der Waals surface area contributed by atoms with Gasteiger partial charge in [-0.2, -0.15) is 0 Å². The number of carbonyl (C=O) groups is 1. The van der Waals surface area contributed by atoms with Gasteiger partial charge in [-0.15, -0.1) is 5.54 Å². The smallest absolute Gasteiger partial charge is 0.336 e. The second kappa shape index (κ2) is 12.1. The molecular formula is C27H50O6Si3. The molecule has 3 atom stereocenters. The van der Waals surface area contributed by atoms with E-state index < -0.39 is 48.1 Å². The van der Waals surface area contributed by atoms with Crippen molar-refractivity contribution in [3.05, 3.63) is 23.5 Å². The molecule has 0 spiro atoms. The molecule has 0 saturated carbocycles. The topological polar surface area (TPSA) is 74.2 Å². The molecule has 206 valence electrons. The highest BCUT2D eigenvalue weighted by Gasteiger charge is 2.57. The van der Waals surface area contributed by atoms with Crippen LogP contribution in [-0.4, -0.2) is 68.3 Å². The molecule has 0 radical (unpaired) electrons. The van der Waals surface area contributed by atoms with E-state index in [4.69, 9.17) is 18.6 Å². The van der Waals surface area contributed by atoms with Gasteiger partial charge < -0.3 is 23.7 Å². The van der Waals surface area contributed by atoms with E-state index in [0.29, 0.717) is 6.61 Å². The van der Waals surface area contributed by atoms with Crippen LogP contribution in [0.3, 0.4) is 0 Å². The summed E-state index contributed by atoms with van der Waals surface area (Å²) in [6.45, 7) is 26.6. The largest absolute Gasteiger partial charge is 0.478 e. The van der Waals surface area contributed by atoms with Crippen molar-refractivity contribution in [2.24, 2.45) is 5.41 Å². The van der Waals surface area contributed by atoms with Crippen LogP contribution in [0.4, 0.5) is 0 Å². The highest BCUT2D eigenvalue weighted by atomic mass is 28.4. The summed E-state index contributed by atoms with van der Waals surface area (Å²) in [7, 11) is -3.55. The van der Waals surface area contributed by atoms with E-state index in [-0.39, 0.29) is 23.2 Å². The second-order valence-electron chi connectivity index (χ2n) is 13.6. The normalized spacial score (nSPS) is 23.7. The molecule has 0 heterocycles. The highest BCUT2D eigenvalue weighted by molar-refractivity contribution is 6.83. The lowest BCUT2D eigenvalue weighted by Gasteiger charge is -2.43. The minimum atomic E-state index is -2.30. The van der Waals surface area contributed by atoms with Gasteiger partial charge in [0.05, 0.1) is 11.7 Å². The number of ether oxygens (including phenoxy) is 3. The lowest BCUT2D eigenvalue weighted by molar-refractivity contribution is -0.134. The predicted molar refractivity (Wildman–Crippen MR) is 156 cm³/mol. The van der Waals surface area contributed by atoms with Crippen molar-refractivity contribution in [3.63, 3.8) is 0 Å². The van der Waals surface area contributed by atoms with Crippen molar-refractivity contribution in [1.82, 2.24) is 0 Å². The third-order valence-electron chi connectivity index (χ3n) is 6.86. The number of rotatable bonds is 11. The van der Waals surface area contributed by atoms with Gasteiger partial charge in [-0.05, 0) is 37.2 Å². The zero-order valence-corrected chi connectivity index (χ0v) is 27.9. The molecular weight excluding hydrogens is 505 g/mol. The zero-order valence-electron chi connectivity index (χ0n) is 24.9. The van der Waals surface area contributed by atoms with Crippen LogP contribution in [0.1, 0.15) is 27.7 Å². The average Bonchev–Trinajstić information content (AvgIpc) is 2.90. The first-order chi connectivity index (χ1) is 16.2. The number of aliphatic carboxylic acids is 1. The minimum Gasteiger partial charge on any atom is -0.478 e.